The van der Waals surface area contributed by atoms with E-state index in [2.05, 4.69) is 27.6 Å². The fourth-order valence-electron chi connectivity index (χ4n) is 3.07. The number of rotatable bonds is 7. The van der Waals surface area contributed by atoms with Crippen LogP contribution in [0.1, 0.15) is 18.4 Å². The number of hydrogen-bond donors (Lipinski definition) is 3. The molecule has 0 amide bonds. The molecule has 5 nitrogen and oxygen atoms in total. The van der Waals surface area contributed by atoms with Crippen molar-refractivity contribution in [3.8, 4) is 11.3 Å². The number of H-pyrrole nitrogens is 1. The molecule has 2 aromatic rings. The van der Waals surface area contributed by atoms with E-state index in [9.17, 15) is 5.11 Å². The van der Waals surface area contributed by atoms with Gasteiger partial charge in [0.2, 0.25) is 0 Å². The Labute approximate surface area is 130 Å². The Morgan fingerprint density at radius 3 is 2.91 bits per heavy atom. The van der Waals surface area contributed by atoms with Gasteiger partial charge in [-0.1, -0.05) is 30.3 Å². The van der Waals surface area contributed by atoms with E-state index in [1.807, 2.05) is 24.4 Å². The average molecular weight is 301 g/mol. The standard InChI is InChI=1S/C17H23N3O2/c21-8-6-17(7-9-22-13-17)12-18-10-15-11-19-20-16(15)14-4-2-1-3-5-14/h1-5,11,18,21H,6-10,12-13H2,(H,19,20). The second-order valence-corrected chi connectivity index (χ2v) is 6.02. The van der Waals surface area contributed by atoms with Crippen LogP contribution in [-0.2, 0) is 11.3 Å². The van der Waals surface area contributed by atoms with Crippen LogP contribution in [0.5, 0.6) is 0 Å². The molecule has 1 aliphatic rings. The summed E-state index contributed by atoms with van der Waals surface area (Å²) in [6, 6.07) is 10.2. The molecule has 0 saturated carbocycles. The van der Waals surface area contributed by atoms with Crippen LogP contribution >= 0.6 is 0 Å². The zero-order valence-corrected chi connectivity index (χ0v) is 12.7. The molecule has 0 spiro atoms. The van der Waals surface area contributed by atoms with E-state index >= 15 is 0 Å². The second-order valence-electron chi connectivity index (χ2n) is 6.02. The summed E-state index contributed by atoms with van der Waals surface area (Å²) in [4.78, 5) is 0. The summed E-state index contributed by atoms with van der Waals surface area (Å²) in [6.07, 6.45) is 3.67. The molecule has 1 aromatic carbocycles. The van der Waals surface area contributed by atoms with Crippen molar-refractivity contribution in [2.75, 3.05) is 26.4 Å². The van der Waals surface area contributed by atoms with Crippen LogP contribution in [0, 0.1) is 5.41 Å². The number of aliphatic hydroxyl groups is 1. The maximum absolute atomic E-state index is 9.27. The molecule has 3 N–H and O–H groups in total. The number of nitrogens with one attached hydrogen (secondary N) is 2. The van der Waals surface area contributed by atoms with Gasteiger partial charge in [-0.2, -0.15) is 5.10 Å². The topological polar surface area (TPSA) is 70.2 Å². The Kier molecular flexibility index (Phi) is 4.87. The first-order valence-electron chi connectivity index (χ1n) is 7.80. The number of aliphatic hydroxyl groups excluding tert-OH is 1. The lowest BCUT2D eigenvalue weighted by Crippen LogP contribution is -2.35. The van der Waals surface area contributed by atoms with Gasteiger partial charge in [-0.3, -0.25) is 5.10 Å². The molecule has 1 atom stereocenters. The molecular formula is C17H23N3O2. The van der Waals surface area contributed by atoms with Crippen LogP contribution in [0.15, 0.2) is 36.5 Å². The third kappa shape index (κ3) is 3.38. The van der Waals surface area contributed by atoms with E-state index < -0.39 is 0 Å². The first-order chi connectivity index (χ1) is 10.8. The first-order valence-corrected chi connectivity index (χ1v) is 7.80. The molecule has 22 heavy (non-hydrogen) atoms. The Hall–Kier alpha value is -1.69. The molecule has 1 aromatic heterocycles. The van der Waals surface area contributed by atoms with Crippen molar-refractivity contribution in [1.82, 2.24) is 15.5 Å². The highest BCUT2D eigenvalue weighted by Gasteiger charge is 2.33. The van der Waals surface area contributed by atoms with Crippen molar-refractivity contribution in [1.29, 1.82) is 0 Å². The SMILES string of the molecule is OCCC1(CNCc2cn[nH]c2-c2ccccc2)CCOC1. The van der Waals surface area contributed by atoms with Crippen molar-refractivity contribution in [3.05, 3.63) is 42.1 Å². The molecule has 0 radical (unpaired) electrons. The van der Waals surface area contributed by atoms with Crippen molar-refractivity contribution in [2.24, 2.45) is 5.41 Å². The summed E-state index contributed by atoms with van der Waals surface area (Å²) < 4.78 is 5.52. The largest absolute Gasteiger partial charge is 0.396 e. The molecule has 1 saturated heterocycles. The summed E-state index contributed by atoms with van der Waals surface area (Å²) in [5.41, 5.74) is 3.44. The van der Waals surface area contributed by atoms with Gasteiger partial charge in [0.05, 0.1) is 18.5 Å². The maximum atomic E-state index is 9.27. The second kappa shape index (κ2) is 7.05. The summed E-state index contributed by atoms with van der Waals surface area (Å²) in [5, 5.41) is 20.0. The van der Waals surface area contributed by atoms with Gasteiger partial charge in [-0.05, 0) is 18.4 Å². The van der Waals surface area contributed by atoms with Crippen molar-refractivity contribution >= 4 is 0 Å². The lowest BCUT2D eigenvalue weighted by molar-refractivity contribution is 0.124. The summed E-state index contributed by atoms with van der Waals surface area (Å²) in [7, 11) is 0. The maximum Gasteiger partial charge on any atom is 0.0695 e. The van der Waals surface area contributed by atoms with Crippen LogP contribution in [0.2, 0.25) is 0 Å². The fourth-order valence-corrected chi connectivity index (χ4v) is 3.07. The van der Waals surface area contributed by atoms with Crippen molar-refractivity contribution in [2.45, 2.75) is 19.4 Å². The number of benzene rings is 1. The quantitative estimate of drug-likeness (QED) is 0.731. The third-order valence-corrected chi connectivity index (χ3v) is 4.42. The minimum Gasteiger partial charge on any atom is -0.396 e. The Morgan fingerprint density at radius 1 is 1.32 bits per heavy atom. The molecule has 1 aliphatic heterocycles. The number of aromatic amines is 1. The van der Waals surface area contributed by atoms with Gasteiger partial charge in [0.15, 0.2) is 0 Å². The first kappa shape index (κ1) is 15.2. The molecule has 118 valence electrons. The third-order valence-electron chi connectivity index (χ3n) is 4.42. The molecule has 0 aliphatic carbocycles. The van der Waals surface area contributed by atoms with Gasteiger partial charge in [0.25, 0.3) is 0 Å². The number of nitrogens with zero attached hydrogens (tertiary/aromatic N) is 1. The average Bonchev–Trinajstić information content (AvgIpc) is 3.19. The van der Waals surface area contributed by atoms with Gasteiger partial charge in [0, 0.05) is 37.3 Å². The number of aromatic nitrogens is 2. The summed E-state index contributed by atoms with van der Waals surface area (Å²) >= 11 is 0. The van der Waals surface area contributed by atoms with Crippen LogP contribution in [0.25, 0.3) is 11.3 Å². The molecule has 0 bridgehead atoms. The van der Waals surface area contributed by atoms with Gasteiger partial charge in [-0.25, -0.2) is 0 Å². The minimum atomic E-state index is 0.0748. The number of ether oxygens (including phenoxy) is 1. The number of hydrogen-bond acceptors (Lipinski definition) is 4. The van der Waals surface area contributed by atoms with Gasteiger partial charge in [0.1, 0.15) is 0 Å². The Bertz CT molecular complexity index is 577. The molecule has 1 fully saturated rings. The summed E-state index contributed by atoms with van der Waals surface area (Å²) in [6.45, 7) is 3.35. The molecule has 5 heteroatoms. The van der Waals surface area contributed by atoms with Crippen LogP contribution in [0.4, 0.5) is 0 Å². The highest BCUT2D eigenvalue weighted by atomic mass is 16.5. The fraction of sp³-hybridized carbons (Fsp3) is 0.471. The highest BCUT2D eigenvalue weighted by Crippen LogP contribution is 2.31. The van der Waals surface area contributed by atoms with Gasteiger partial charge in [-0.15, -0.1) is 0 Å². The van der Waals surface area contributed by atoms with Crippen LogP contribution in [-0.4, -0.2) is 41.7 Å². The van der Waals surface area contributed by atoms with E-state index in [4.69, 9.17) is 4.74 Å². The zero-order chi connectivity index (χ0) is 15.3. The lowest BCUT2D eigenvalue weighted by Gasteiger charge is -2.26. The predicted octanol–water partition coefficient (Wildman–Crippen LogP) is 1.96. The van der Waals surface area contributed by atoms with E-state index in [1.165, 1.54) is 0 Å². The Morgan fingerprint density at radius 2 is 2.18 bits per heavy atom. The smallest absolute Gasteiger partial charge is 0.0695 e. The predicted molar refractivity (Wildman–Crippen MR) is 85.3 cm³/mol. The lowest BCUT2D eigenvalue weighted by atomic mass is 9.84. The summed E-state index contributed by atoms with van der Waals surface area (Å²) in [5.74, 6) is 0. The Balaban J connectivity index is 1.62. The van der Waals surface area contributed by atoms with E-state index in [0.717, 1.165) is 56.0 Å². The molecule has 1 unspecified atom stereocenters. The monoisotopic (exact) mass is 301 g/mol. The normalized spacial score (nSPS) is 21.3. The van der Waals surface area contributed by atoms with Crippen LogP contribution < -0.4 is 5.32 Å². The van der Waals surface area contributed by atoms with Gasteiger partial charge >= 0.3 is 0 Å². The van der Waals surface area contributed by atoms with Crippen molar-refractivity contribution < 1.29 is 9.84 Å². The zero-order valence-electron chi connectivity index (χ0n) is 12.7. The van der Waals surface area contributed by atoms with E-state index in [-0.39, 0.29) is 12.0 Å². The van der Waals surface area contributed by atoms with E-state index in [0.29, 0.717) is 0 Å². The molecule has 2 heterocycles. The van der Waals surface area contributed by atoms with Crippen LogP contribution in [0.3, 0.4) is 0 Å². The van der Waals surface area contributed by atoms with E-state index in [1.54, 1.807) is 0 Å². The van der Waals surface area contributed by atoms with Gasteiger partial charge < -0.3 is 15.2 Å². The highest BCUT2D eigenvalue weighted by molar-refractivity contribution is 5.62. The molecular weight excluding hydrogens is 278 g/mol. The van der Waals surface area contributed by atoms with Crippen molar-refractivity contribution in [3.63, 3.8) is 0 Å². The molecule has 3 rings (SSSR count). The minimum absolute atomic E-state index is 0.0748.